The molecular weight excluding hydrogens is 960 g/mol. The maximum atomic E-state index is 10.7. The van der Waals surface area contributed by atoms with Gasteiger partial charge in [-0.3, -0.25) is 28.8 Å². The topological polar surface area (TPSA) is 398 Å². The first kappa shape index (κ1) is 59.5. The second-order valence-corrected chi connectivity index (χ2v) is 10.7. The third kappa shape index (κ3) is 13.8. The molecule has 3 aliphatic carbocycles. The van der Waals surface area contributed by atoms with Gasteiger partial charge in [-0.05, 0) is 22.6 Å². The molecule has 2 heterocycles. The van der Waals surface area contributed by atoms with E-state index in [1.54, 1.807) is 0 Å². The van der Waals surface area contributed by atoms with E-state index in [0.717, 1.165) is 0 Å². The molecule has 26 heteroatoms. The van der Waals surface area contributed by atoms with Crippen LogP contribution in [0.15, 0.2) is 114 Å². The number of pyridine rings is 2. The predicted molar refractivity (Wildman–Crippen MR) is 169 cm³/mol. The number of carbonyl (C=O) groups excluding carboxylic acids is 6. The SMILES string of the molecule is O.O.O=C1C(=O)C(Cl)=C([O-])C([O-])=C1Cl.O=C1C(=O)C(Cl)=C([O-])C([O-])=C1Cl.O=C1C([O-])=C(Cl)C(=O)C([O-])=C1Cl.[Cu+2].[Cu+2].[OH3+].[OH3+].c1cc(-c2cc[nH+]cc2)cc[nH+]1. The van der Waals surface area contributed by atoms with Gasteiger partial charge in [0.25, 0.3) is 0 Å². The Morgan fingerprint density at radius 3 is 0.704 bits per heavy atom. The summed E-state index contributed by atoms with van der Waals surface area (Å²) >= 11 is 30.5. The number of allylic oxidation sites excluding steroid dienone is 6. The molecule has 3 aliphatic rings. The standard InChI is InChI=1S/C10H8N2.3C6H2Cl2O4.2Cu.4H2O/c1-5-11-6-2-9(1)10-3-7-12-8-4-10;3*7-1-3(9)5(11)2(8)6(12)4(1)10;;;;;;/h1-8H;9,12H;2*9,11H;;;4*1H2/q;;;;2*+2;;;;/p-2. The zero-order chi connectivity index (χ0) is 36.6. The fraction of sp³-hybridized carbons (Fsp3) is 0. The van der Waals surface area contributed by atoms with Crippen LogP contribution < -0.4 is 40.6 Å². The summed E-state index contributed by atoms with van der Waals surface area (Å²) in [5.41, 5.74) is 2.45. The van der Waals surface area contributed by atoms with Crippen LogP contribution in [0, 0.1) is 0 Å². The molecule has 0 saturated carbocycles. The van der Waals surface area contributed by atoms with Crippen LogP contribution in [0.4, 0.5) is 0 Å². The summed E-state index contributed by atoms with van der Waals surface area (Å²) in [6, 6.07) is 8.20. The Bertz CT molecular complexity index is 1690. The molecule has 0 aromatic carbocycles. The molecule has 2 aromatic rings. The van der Waals surface area contributed by atoms with Crippen molar-refractivity contribution in [1.82, 2.24) is 0 Å². The number of hydrogen-bond acceptors (Lipinski definition) is 12. The molecule has 54 heavy (non-hydrogen) atoms. The fourth-order valence-electron chi connectivity index (χ4n) is 2.97. The molecule has 0 atom stereocenters. The molecular formula is C28H20Cl6Cu2N2O16+2. The van der Waals surface area contributed by atoms with Gasteiger partial charge in [0.1, 0.15) is 0 Å². The van der Waals surface area contributed by atoms with Crippen LogP contribution in [0.1, 0.15) is 0 Å². The van der Waals surface area contributed by atoms with Gasteiger partial charge in [0.15, 0.2) is 36.4 Å². The van der Waals surface area contributed by atoms with Gasteiger partial charge in [-0.15, -0.1) is 0 Å². The number of halogens is 6. The zero-order valence-corrected chi connectivity index (χ0v) is 32.0. The summed E-state index contributed by atoms with van der Waals surface area (Å²) in [7, 11) is 0. The molecule has 0 spiro atoms. The van der Waals surface area contributed by atoms with Crippen LogP contribution in [0.5, 0.6) is 0 Å². The van der Waals surface area contributed by atoms with Crippen molar-refractivity contribution in [2.24, 2.45) is 0 Å². The molecule has 18 nitrogen and oxygen atoms in total. The van der Waals surface area contributed by atoms with Crippen molar-refractivity contribution >= 4 is 104 Å². The van der Waals surface area contributed by atoms with Gasteiger partial charge in [-0.2, -0.15) is 0 Å². The van der Waals surface area contributed by atoms with Crippen molar-refractivity contribution in [2.45, 2.75) is 0 Å². The quantitative estimate of drug-likeness (QED) is 0.0847. The van der Waals surface area contributed by atoms with Crippen molar-refractivity contribution in [1.29, 1.82) is 0 Å². The van der Waals surface area contributed by atoms with E-state index in [2.05, 4.69) is 34.2 Å². The number of hydrogen-bond donors (Lipinski definition) is 0. The van der Waals surface area contributed by atoms with E-state index >= 15 is 0 Å². The normalized spacial score (nSPS) is 14.9. The van der Waals surface area contributed by atoms with E-state index in [9.17, 15) is 59.4 Å². The van der Waals surface area contributed by atoms with E-state index in [-0.39, 0.29) is 56.0 Å². The Morgan fingerprint density at radius 2 is 0.519 bits per heavy atom. The minimum absolute atomic E-state index is 0. The van der Waals surface area contributed by atoms with Gasteiger partial charge in [0.2, 0.25) is 23.1 Å². The molecule has 12 N–H and O–H groups in total. The van der Waals surface area contributed by atoms with Crippen molar-refractivity contribution in [3.05, 3.63) is 114 Å². The fourth-order valence-corrected chi connectivity index (χ4v) is 4.00. The molecule has 0 unspecified atom stereocenters. The second kappa shape index (κ2) is 26.1. The van der Waals surface area contributed by atoms with E-state index in [1.165, 1.54) is 11.1 Å². The monoisotopic (exact) mass is 976 g/mol. The minimum Gasteiger partial charge on any atom is -0.872 e. The van der Waals surface area contributed by atoms with Crippen molar-refractivity contribution in [2.75, 3.05) is 0 Å². The summed E-state index contributed by atoms with van der Waals surface area (Å²) in [5.74, 6) is -14.8. The van der Waals surface area contributed by atoms with Gasteiger partial charge < -0.3 is 52.5 Å². The van der Waals surface area contributed by atoms with Crippen LogP contribution >= 0.6 is 69.6 Å². The van der Waals surface area contributed by atoms with Crippen molar-refractivity contribution in [3.63, 3.8) is 0 Å². The molecule has 0 amide bonds. The van der Waals surface area contributed by atoms with Gasteiger partial charge in [-0.25, -0.2) is 9.97 Å². The van der Waals surface area contributed by atoms with Gasteiger partial charge in [0, 0.05) is 24.3 Å². The first-order chi connectivity index (χ1) is 22.4. The number of Topliss-reactive ketones (excluding diaryl/α,β-unsaturated/α-hetero) is 6. The number of nitrogens with one attached hydrogen (secondary N) is 2. The molecule has 5 rings (SSSR count). The Morgan fingerprint density at radius 1 is 0.352 bits per heavy atom. The molecule has 0 aliphatic heterocycles. The smallest absolute Gasteiger partial charge is 0.872 e. The van der Waals surface area contributed by atoms with E-state index < -0.39 is 99.4 Å². The van der Waals surface area contributed by atoms with Gasteiger partial charge in [0.05, 0.1) is 30.2 Å². The van der Waals surface area contributed by atoms with Crippen LogP contribution in [0.3, 0.4) is 0 Å². The Labute approximate surface area is 352 Å². The third-order valence-corrected chi connectivity index (χ3v) is 7.46. The maximum Gasteiger partial charge on any atom is 2.00 e. The molecule has 2 radical (unpaired) electrons. The number of ketones is 6. The summed E-state index contributed by atoms with van der Waals surface area (Å²) in [6.45, 7) is 0. The zero-order valence-electron chi connectivity index (χ0n) is 25.5. The van der Waals surface area contributed by atoms with Crippen LogP contribution in [-0.2, 0) is 73.9 Å². The molecule has 0 fully saturated rings. The van der Waals surface area contributed by atoms with E-state index in [1.807, 2.05) is 24.8 Å². The minimum atomic E-state index is -1.23. The molecule has 0 bridgehead atoms. The molecule has 2 aromatic heterocycles. The Kier molecular flexibility index (Phi) is 28.7. The third-order valence-electron chi connectivity index (χ3n) is 5.40. The number of aromatic nitrogens is 2. The second-order valence-electron chi connectivity index (χ2n) is 8.41. The summed E-state index contributed by atoms with van der Waals surface area (Å²) < 4.78 is 0. The van der Waals surface area contributed by atoms with E-state index in [0.29, 0.717) is 0 Å². The van der Waals surface area contributed by atoms with Crippen LogP contribution in [0.25, 0.3) is 11.1 Å². The maximum absolute atomic E-state index is 10.7. The number of rotatable bonds is 1. The van der Waals surface area contributed by atoms with Gasteiger partial charge >= 0.3 is 34.1 Å². The van der Waals surface area contributed by atoms with Gasteiger partial charge in [-0.1, -0.05) is 92.6 Å². The average Bonchev–Trinajstić information content (AvgIpc) is 3.12. The average molecular weight is 980 g/mol. The first-order valence-corrected chi connectivity index (χ1v) is 14.2. The van der Waals surface area contributed by atoms with Crippen molar-refractivity contribution < 1.29 is 125 Å². The summed E-state index contributed by atoms with van der Waals surface area (Å²) in [6.07, 6.45) is 7.69. The number of aromatic amines is 2. The number of carbonyl (C=O) groups is 6. The largest absolute Gasteiger partial charge is 2.00 e. The summed E-state index contributed by atoms with van der Waals surface area (Å²) in [5, 5.41) is 58.8. The van der Waals surface area contributed by atoms with E-state index in [4.69, 9.17) is 69.6 Å². The number of H-pyrrole nitrogens is 2. The first-order valence-electron chi connectivity index (χ1n) is 12.0. The summed E-state index contributed by atoms with van der Waals surface area (Å²) in [4.78, 5) is 70.2. The van der Waals surface area contributed by atoms with Crippen molar-refractivity contribution in [3.8, 4) is 11.1 Å². The predicted octanol–water partition coefficient (Wildman–Crippen LogP) is -6.24. The molecule has 0 saturated heterocycles. The molecule has 300 valence electrons. The van der Waals surface area contributed by atoms with Crippen LogP contribution in [-0.4, -0.2) is 45.7 Å². The van der Waals surface area contributed by atoms with Crippen LogP contribution in [0.2, 0.25) is 0 Å². The Hall–Kier alpha value is -3.82. The Balaban J connectivity index is -0.000000191.